The van der Waals surface area contributed by atoms with Crippen LogP contribution >= 0.6 is 0 Å². The summed E-state index contributed by atoms with van der Waals surface area (Å²) < 4.78 is 16.3. The smallest absolute Gasteiger partial charge is 0.193 e. The predicted octanol–water partition coefficient (Wildman–Crippen LogP) is 2.14. The number of ether oxygens (including phenoxy) is 3. The first-order chi connectivity index (χ1) is 14.7. The Morgan fingerprint density at radius 3 is 2.70 bits per heavy atom. The van der Waals surface area contributed by atoms with E-state index in [1.807, 2.05) is 37.5 Å². The molecule has 1 aliphatic heterocycles. The van der Waals surface area contributed by atoms with Crippen LogP contribution in [0.15, 0.2) is 41.5 Å². The highest BCUT2D eigenvalue weighted by Crippen LogP contribution is 2.25. The fourth-order valence-corrected chi connectivity index (χ4v) is 3.50. The molecule has 30 heavy (non-hydrogen) atoms. The second kappa shape index (κ2) is 10.7. The van der Waals surface area contributed by atoms with Gasteiger partial charge < -0.3 is 29.3 Å². The topological polar surface area (TPSA) is 71.5 Å². The van der Waals surface area contributed by atoms with Crippen molar-refractivity contribution in [1.82, 2.24) is 15.2 Å². The van der Waals surface area contributed by atoms with E-state index in [1.54, 1.807) is 21.3 Å². The third-order valence-corrected chi connectivity index (χ3v) is 5.09. The van der Waals surface area contributed by atoms with Gasteiger partial charge in [-0.15, -0.1) is 0 Å². The molecule has 1 fully saturated rings. The van der Waals surface area contributed by atoms with Crippen molar-refractivity contribution in [2.45, 2.75) is 13.1 Å². The second-order valence-electron chi connectivity index (χ2n) is 7.02. The molecule has 0 saturated carbocycles. The lowest BCUT2D eigenvalue weighted by atomic mass is 10.2. The molecular weight excluding hydrogens is 382 g/mol. The Morgan fingerprint density at radius 2 is 2.00 bits per heavy atom. The van der Waals surface area contributed by atoms with Crippen LogP contribution in [0.25, 0.3) is 0 Å². The van der Waals surface area contributed by atoms with Crippen molar-refractivity contribution < 1.29 is 14.2 Å². The van der Waals surface area contributed by atoms with Crippen LogP contribution in [0.2, 0.25) is 0 Å². The molecule has 0 spiro atoms. The molecule has 1 N–H and O–H groups in total. The van der Waals surface area contributed by atoms with Gasteiger partial charge in [-0.05, 0) is 18.2 Å². The number of nitrogens with zero attached hydrogens (tertiary/aromatic N) is 4. The number of anilines is 1. The van der Waals surface area contributed by atoms with E-state index in [9.17, 15) is 0 Å². The molecule has 8 nitrogen and oxygen atoms in total. The lowest BCUT2D eigenvalue weighted by Crippen LogP contribution is -2.40. The molecule has 2 heterocycles. The van der Waals surface area contributed by atoms with E-state index in [-0.39, 0.29) is 0 Å². The van der Waals surface area contributed by atoms with Gasteiger partial charge in [0, 0.05) is 63.7 Å². The monoisotopic (exact) mass is 413 g/mol. The molecule has 1 aromatic heterocycles. The van der Waals surface area contributed by atoms with Crippen molar-refractivity contribution in [2.75, 3.05) is 59.5 Å². The molecule has 0 radical (unpaired) electrons. The minimum absolute atomic E-state index is 0.636. The molecule has 1 saturated heterocycles. The number of hydrogen-bond acceptors (Lipinski definition) is 6. The maximum absolute atomic E-state index is 5.52. The van der Waals surface area contributed by atoms with Crippen molar-refractivity contribution in [3.05, 3.63) is 47.7 Å². The van der Waals surface area contributed by atoms with Gasteiger partial charge in [0.25, 0.3) is 0 Å². The number of benzene rings is 1. The second-order valence-corrected chi connectivity index (χ2v) is 7.02. The van der Waals surface area contributed by atoms with Crippen LogP contribution in [0.1, 0.15) is 11.1 Å². The number of pyridine rings is 1. The minimum atomic E-state index is 0.636. The van der Waals surface area contributed by atoms with Crippen LogP contribution in [-0.2, 0) is 17.8 Å². The van der Waals surface area contributed by atoms with Gasteiger partial charge >= 0.3 is 0 Å². The zero-order valence-corrected chi connectivity index (χ0v) is 18.2. The summed E-state index contributed by atoms with van der Waals surface area (Å²) in [7, 11) is 7.11. The summed E-state index contributed by atoms with van der Waals surface area (Å²) in [6.45, 7) is 4.47. The van der Waals surface area contributed by atoms with Crippen molar-refractivity contribution in [3.63, 3.8) is 0 Å². The highest BCUT2D eigenvalue weighted by atomic mass is 16.5. The number of aliphatic imine (C=N–C) groups is 1. The molecule has 0 amide bonds. The third kappa shape index (κ3) is 5.33. The standard InChI is InChI=1S/C22H31N5O3/c1-23-22(26(2)16-18-7-8-19(28-3)14-20(18)29-4)25-15-17-6-5-9-24-21(17)27-10-12-30-13-11-27/h5-9,14H,10-13,15-16H2,1-4H3,(H,23,25). The fourth-order valence-electron chi connectivity index (χ4n) is 3.50. The number of morpholine rings is 1. The number of guanidine groups is 1. The summed E-state index contributed by atoms with van der Waals surface area (Å²) >= 11 is 0. The summed E-state index contributed by atoms with van der Waals surface area (Å²) in [5.74, 6) is 3.36. The molecule has 1 aromatic carbocycles. The molecule has 2 aromatic rings. The lowest BCUT2D eigenvalue weighted by Gasteiger charge is -2.30. The molecule has 1 aliphatic rings. The van der Waals surface area contributed by atoms with E-state index in [4.69, 9.17) is 14.2 Å². The Bertz CT molecular complexity index is 852. The highest BCUT2D eigenvalue weighted by Gasteiger charge is 2.17. The maximum Gasteiger partial charge on any atom is 0.193 e. The van der Waals surface area contributed by atoms with Crippen LogP contribution < -0.4 is 19.7 Å². The zero-order valence-electron chi connectivity index (χ0n) is 18.2. The van der Waals surface area contributed by atoms with Crippen LogP contribution in [0.4, 0.5) is 5.82 Å². The zero-order chi connectivity index (χ0) is 21.3. The van der Waals surface area contributed by atoms with Gasteiger partial charge in [0.2, 0.25) is 0 Å². The quantitative estimate of drug-likeness (QED) is 0.551. The summed E-state index contributed by atoms with van der Waals surface area (Å²) in [6, 6.07) is 9.91. The Balaban J connectivity index is 1.66. The number of nitrogens with one attached hydrogen (secondary N) is 1. The van der Waals surface area contributed by atoms with E-state index in [2.05, 4.69) is 31.2 Å². The molecule has 0 bridgehead atoms. The molecule has 0 aliphatic carbocycles. The summed E-state index contributed by atoms with van der Waals surface area (Å²) in [5.41, 5.74) is 2.19. The van der Waals surface area contributed by atoms with Crippen molar-refractivity contribution in [2.24, 2.45) is 4.99 Å². The Morgan fingerprint density at radius 1 is 1.20 bits per heavy atom. The lowest BCUT2D eigenvalue weighted by molar-refractivity contribution is 0.122. The molecule has 3 rings (SSSR count). The Labute approximate surface area is 178 Å². The van der Waals surface area contributed by atoms with Gasteiger partial charge in [-0.3, -0.25) is 4.99 Å². The van der Waals surface area contributed by atoms with E-state index in [0.29, 0.717) is 13.1 Å². The average molecular weight is 414 g/mol. The van der Waals surface area contributed by atoms with E-state index in [1.165, 1.54) is 0 Å². The Kier molecular flexibility index (Phi) is 7.73. The molecule has 0 atom stereocenters. The highest BCUT2D eigenvalue weighted by molar-refractivity contribution is 5.79. The van der Waals surface area contributed by atoms with E-state index >= 15 is 0 Å². The summed E-state index contributed by atoms with van der Waals surface area (Å²) in [4.78, 5) is 13.4. The van der Waals surface area contributed by atoms with E-state index in [0.717, 1.165) is 60.7 Å². The Hall–Kier alpha value is -3.00. The summed E-state index contributed by atoms with van der Waals surface area (Å²) in [6.07, 6.45) is 1.84. The van der Waals surface area contributed by atoms with Crippen LogP contribution in [-0.4, -0.2) is 70.5 Å². The SMILES string of the molecule is CN=C(NCc1cccnc1N1CCOCC1)N(C)Cc1ccc(OC)cc1OC. The largest absolute Gasteiger partial charge is 0.497 e. The van der Waals surface area contributed by atoms with Gasteiger partial charge in [0.05, 0.1) is 27.4 Å². The minimum Gasteiger partial charge on any atom is -0.497 e. The van der Waals surface area contributed by atoms with Gasteiger partial charge in [-0.1, -0.05) is 6.07 Å². The normalized spacial score (nSPS) is 14.4. The molecule has 162 valence electrons. The van der Waals surface area contributed by atoms with Crippen LogP contribution in [0, 0.1) is 0 Å². The number of aromatic nitrogens is 1. The molecule has 8 heteroatoms. The maximum atomic E-state index is 5.52. The number of methoxy groups -OCH3 is 2. The predicted molar refractivity (Wildman–Crippen MR) is 118 cm³/mol. The van der Waals surface area contributed by atoms with Gasteiger partial charge in [-0.2, -0.15) is 0 Å². The molecular formula is C22H31N5O3. The first-order valence-electron chi connectivity index (χ1n) is 10.1. The summed E-state index contributed by atoms with van der Waals surface area (Å²) in [5, 5.41) is 3.46. The first-order valence-corrected chi connectivity index (χ1v) is 10.1. The van der Waals surface area contributed by atoms with Crippen LogP contribution in [0.5, 0.6) is 11.5 Å². The van der Waals surface area contributed by atoms with E-state index < -0.39 is 0 Å². The van der Waals surface area contributed by atoms with Crippen LogP contribution in [0.3, 0.4) is 0 Å². The van der Waals surface area contributed by atoms with Gasteiger partial charge in [0.15, 0.2) is 5.96 Å². The number of hydrogen-bond donors (Lipinski definition) is 1. The first kappa shape index (κ1) is 21.7. The van der Waals surface area contributed by atoms with Gasteiger partial charge in [0.1, 0.15) is 17.3 Å². The van der Waals surface area contributed by atoms with Crippen molar-refractivity contribution >= 4 is 11.8 Å². The molecule has 0 unspecified atom stereocenters. The van der Waals surface area contributed by atoms with Crippen molar-refractivity contribution in [3.8, 4) is 11.5 Å². The van der Waals surface area contributed by atoms with Gasteiger partial charge in [-0.25, -0.2) is 4.98 Å². The van der Waals surface area contributed by atoms with Crippen molar-refractivity contribution in [1.29, 1.82) is 0 Å². The average Bonchev–Trinajstić information content (AvgIpc) is 2.80. The number of rotatable bonds is 7. The fraction of sp³-hybridized carbons (Fsp3) is 0.455. The third-order valence-electron chi connectivity index (χ3n) is 5.09.